The minimum absolute atomic E-state index is 0.620. The van der Waals surface area contributed by atoms with Crippen LogP contribution in [0.15, 0.2) is 0 Å². The SMILES string of the molecule is CSC1(C2NC(C)CS2)CC1. The first-order valence-corrected chi connectivity index (χ1v) is 6.47. The highest BCUT2D eigenvalue weighted by atomic mass is 32.2. The van der Waals surface area contributed by atoms with Crippen molar-refractivity contribution in [3.05, 3.63) is 0 Å². The highest BCUT2D eigenvalue weighted by molar-refractivity contribution is 8.04. The zero-order chi connectivity index (χ0) is 7.90. The Hall–Kier alpha value is 0.660. The number of rotatable bonds is 2. The molecule has 11 heavy (non-hydrogen) atoms. The van der Waals surface area contributed by atoms with E-state index in [2.05, 4.69) is 42.0 Å². The summed E-state index contributed by atoms with van der Waals surface area (Å²) in [7, 11) is 0. The standard InChI is InChI=1S/C8H15NS2/c1-6-5-11-7(9-6)8(10-2)3-4-8/h6-7,9H,3-5H2,1-2H3. The fourth-order valence-corrected chi connectivity index (χ4v) is 4.33. The monoisotopic (exact) mass is 189 g/mol. The highest BCUT2D eigenvalue weighted by Gasteiger charge is 2.51. The molecule has 1 heterocycles. The Morgan fingerprint density at radius 2 is 2.27 bits per heavy atom. The van der Waals surface area contributed by atoms with Crippen molar-refractivity contribution in [3.63, 3.8) is 0 Å². The average Bonchev–Trinajstić information content (AvgIpc) is 2.70. The quantitative estimate of drug-likeness (QED) is 0.713. The van der Waals surface area contributed by atoms with Crippen LogP contribution in [-0.2, 0) is 0 Å². The Kier molecular flexibility index (Phi) is 2.15. The molecule has 0 aromatic rings. The molecule has 2 rings (SSSR count). The third-order valence-electron chi connectivity index (χ3n) is 2.58. The van der Waals surface area contributed by atoms with Gasteiger partial charge in [0.25, 0.3) is 0 Å². The Morgan fingerprint density at radius 3 is 2.64 bits per heavy atom. The molecule has 2 fully saturated rings. The van der Waals surface area contributed by atoms with E-state index < -0.39 is 0 Å². The van der Waals surface area contributed by atoms with Crippen LogP contribution >= 0.6 is 23.5 Å². The van der Waals surface area contributed by atoms with Crippen molar-refractivity contribution in [1.82, 2.24) is 5.32 Å². The van der Waals surface area contributed by atoms with Crippen LogP contribution in [0, 0.1) is 0 Å². The summed E-state index contributed by atoms with van der Waals surface area (Å²) in [6, 6.07) is 0.731. The number of thioether (sulfide) groups is 2. The summed E-state index contributed by atoms with van der Waals surface area (Å²) in [5, 5.41) is 4.39. The fraction of sp³-hybridized carbons (Fsp3) is 1.00. The Labute approximate surface area is 77.1 Å². The summed E-state index contributed by atoms with van der Waals surface area (Å²) in [5.41, 5.74) is 0. The van der Waals surface area contributed by atoms with Gasteiger partial charge < -0.3 is 5.32 Å². The topological polar surface area (TPSA) is 12.0 Å². The van der Waals surface area contributed by atoms with Crippen molar-refractivity contribution in [1.29, 1.82) is 0 Å². The van der Waals surface area contributed by atoms with Crippen LogP contribution in [0.1, 0.15) is 19.8 Å². The molecule has 0 radical (unpaired) electrons. The van der Waals surface area contributed by atoms with Gasteiger partial charge in [-0.1, -0.05) is 0 Å². The maximum atomic E-state index is 3.65. The molecule has 1 aliphatic carbocycles. The second-order valence-electron chi connectivity index (χ2n) is 3.55. The van der Waals surface area contributed by atoms with E-state index in [9.17, 15) is 0 Å². The van der Waals surface area contributed by atoms with Gasteiger partial charge in [-0.25, -0.2) is 0 Å². The smallest absolute Gasteiger partial charge is 0.0683 e. The Morgan fingerprint density at radius 1 is 1.55 bits per heavy atom. The van der Waals surface area contributed by atoms with Gasteiger partial charge in [-0.2, -0.15) is 11.8 Å². The van der Waals surface area contributed by atoms with Crippen molar-refractivity contribution < 1.29 is 0 Å². The van der Waals surface area contributed by atoms with Gasteiger partial charge in [0, 0.05) is 16.5 Å². The van der Waals surface area contributed by atoms with E-state index in [1.807, 2.05) is 0 Å². The number of nitrogens with one attached hydrogen (secondary N) is 1. The van der Waals surface area contributed by atoms with Crippen LogP contribution in [0.2, 0.25) is 0 Å². The van der Waals surface area contributed by atoms with Gasteiger partial charge in [-0.3, -0.25) is 0 Å². The molecule has 1 saturated carbocycles. The van der Waals surface area contributed by atoms with Crippen molar-refractivity contribution in [2.75, 3.05) is 12.0 Å². The Balaban J connectivity index is 1.95. The lowest BCUT2D eigenvalue weighted by atomic mass is 10.3. The van der Waals surface area contributed by atoms with Crippen LogP contribution < -0.4 is 5.32 Å². The van der Waals surface area contributed by atoms with Gasteiger partial charge >= 0.3 is 0 Å². The molecule has 1 aliphatic heterocycles. The number of hydrogen-bond donors (Lipinski definition) is 1. The van der Waals surface area contributed by atoms with Gasteiger partial charge in [0.15, 0.2) is 0 Å². The van der Waals surface area contributed by atoms with E-state index in [0.29, 0.717) is 4.75 Å². The third kappa shape index (κ3) is 1.43. The summed E-state index contributed by atoms with van der Waals surface area (Å²) in [4.78, 5) is 0. The van der Waals surface area contributed by atoms with Crippen molar-refractivity contribution in [2.45, 2.75) is 35.9 Å². The average molecular weight is 189 g/mol. The lowest BCUT2D eigenvalue weighted by Crippen LogP contribution is -2.35. The molecular formula is C8H15NS2. The number of hydrogen-bond acceptors (Lipinski definition) is 3. The second kappa shape index (κ2) is 2.86. The first-order chi connectivity index (χ1) is 5.27. The fourth-order valence-electron chi connectivity index (χ4n) is 1.60. The molecule has 1 nitrogen and oxygen atoms in total. The molecule has 0 spiro atoms. The molecule has 0 amide bonds. The van der Waals surface area contributed by atoms with Crippen molar-refractivity contribution in [3.8, 4) is 0 Å². The molecule has 1 saturated heterocycles. The van der Waals surface area contributed by atoms with E-state index in [1.165, 1.54) is 18.6 Å². The predicted octanol–water partition coefficient (Wildman–Crippen LogP) is 1.93. The largest absolute Gasteiger partial charge is 0.301 e. The minimum Gasteiger partial charge on any atom is -0.301 e. The molecule has 0 aromatic heterocycles. The van der Waals surface area contributed by atoms with Crippen molar-refractivity contribution >= 4 is 23.5 Å². The summed E-state index contributed by atoms with van der Waals surface area (Å²) in [6.07, 6.45) is 5.09. The van der Waals surface area contributed by atoms with Gasteiger partial charge in [-0.05, 0) is 26.0 Å². The molecule has 2 unspecified atom stereocenters. The van der Waals surface area contributed by atoms with E-state index >= 15 is 0 Å². The Bertz CT molecular complexity index is 156. The van der Waals surface area contributed by atoms with Crippen molar-refractivity contribution in [2.24, 2.45) is 0 Å². The summed E-state index contributed by atoms with van der Waals surface area (Å²) in [5.74, 6) is 1.30. The maximum absolute atomic E-state index is 3.65. The van der Waals surface area contributed by atoms with E-state index in [-0.39, 0.29) is 0 Å². The highest BCUT2D eigenvalue weighted by Crippen LogP contribution is 2.54. The summed E-state index contributed by atoms with van der Waals surface area (Å²) < 4.78 is 0.620. The molecule has 0 aromatic carbocycles. The van der Waals surface area contributed by atoms with Crippen LogP contribution in [0.4, 0.5) is 0 Å². The van der Waals surface area contributed by atoms with Gasteiger partial charge in [0.1, 0.15) is 0 Å². The van der Waals surface area contributed by atoms with Crippen LogP contribution in [-0.4, -0.2) is 28.2 Å². The summed E-state index contributed by atoms with van der Waals surface area (Å²) >= 11 is 4.17. The van der Waals surface area contributed by atoms with E-state index in [4.69, 9.17) is 0 Å². The zero-order valence-corrected chi connectivity index (χ0v) is 8.73. The van der Waals surface area contributed by atoms with E-state index in [0.717, 1.165) is 11.4 Å². The zero-order valence-electron chi connectivity index (χ0n) is 7.09. The minimum atomic E-state index is 0.620. The van der Waals surface area contributed by atoms with Gasteiger partial charge in [-0.15, -0.1) is 11.8 Å². The molecule has 3 heteroatoms. The normalized spacial score (nSPS) is 40.9. The molecule has 1 N–H and O–H groups in total. The summed E-state index contributed by atoms with van der Waals surface area (Å²) in [6.45, 7) is 2.28. The molecule has 2 aliphatic rings. The third-order valence-corrected chi connectivity index (χ3v) is 5.80. The molecule has 0 bridgehead atoms. The van der Waals surface area contributed by atoms with E-state index in [1.54, 1.807) is 0 Å². The first-order valence-electron chi connectivity index (χ1n) is 4.20. The molecule has 64 valence electrons. The molecular weight excluding hydrogens is 174 g/mol. The lowest BCUT2D eigenvalue weighted by Gasteiger charge is -2.20. The van der Waals surface area contributed by atoms with Gasteiger partial charge in [0.2, 0.25) is 0 Å². The first kappa shape index (κ1) is 8.27. The lowest BCUT2D eigenvalue weighted by molar-refractivity contribution is 0.581. The molecule has 2 atom stereocenters. The predicted molar refractivity (Wildman–Crippen MR) is 54.3 cm³/mol. The van der Waals surface area contributed by atoms with Crippen LogP contribution in [0.3, 0.4) is 0 Å². The van der Waals surface area contributed by atoms with Crippen LogP contribution in [0.5, 0.6) is 0 Å². The van der Waals surface area contributed by atoms with Crippen LogP contribution in [0.25, 0.3) is 0 Å². The van der Waals surface area contributed by atoms with Gasteiger partial charge in [0.05, 0.1) is 5.37 Å². The maximum Gasteiger partial charge on any atom is 0.0683 e. The second-order valence-corrected chi connectivity index (χ2v) is 5.91.